The topological polar surface area (TPSA) is 82.0 Å². The Labute approximate surface area is 77.0 Å². The number of nitro groups is 1. The number of fused-ring (bicyclic) bond motifs is 1. The second-order valence-electron chi connectivity index (χ2n) is 2.45. The predicted molar refractivity (Wildman–Crippen MR) is 50.7 cm³/mol. The number of nitrogens with zero attached hydrogens (tertiary/aromatic N) is 2. The zero-order chi connectivity index (χ0) is 9.42. The van der Waals surface area contributed by atoms with Gasteiger partial charge in [-0.1, -0.05) is 0 Å². The fourth-order valence-electron chi connectivity index (χ4n) is 1.08. The second kappa shape index (κ2) is 2.67. The summed E-state index contributed by atoms with van der Waals surface area (Å²) in [7, 11) is 0. The summed E-state index contributed by atoms with van der Waals surface area (Å²) in [5, 5.41) is 12.9. The minimum absolute atomic E-state index is 0.133. The minimum Gasteiger partial charge on any atom is -0.393 e. The lowest BCUT2D eigenvalue weighted by atomic mass is 10.3. The number of aromatic nitrogens is 1. The highest BCUT2D eigenvalue weighted by Crippen LogP contribution is 2.30. The molecule has 2 aromatic rings. The molecule has 0 amide bonds. The van der Waals surface area contributed by atoms with Crippen LogP contribution in [-0.2, 0) is 0 Å². The molecule has 13 heavy (non-hydrogen) atoms. The van der Waals surface area contributed by atoms with E-state index >= 15 is 0 Å². The Bertz CT molecular complexity index is 480. The van der Waals surface area contributed by atoms with Crippen molar-refractivity contribution in [1.82, 2.24) is 4.98 Å². The highest BCUT2D eigenvalue weighted by molar-refractivity contribution is 7.16. The van der Waals surface area contributed by atoms with Crippen LogP contribution in [0.5, 0.6) is 0 Å². The molecule has 2 rings (SSSR count). The van der Waals surface area contributed by atoms with Crippen molar-refractivity contribution in [2.45, 2.75) is 0 Å². The van der Waals surface area contributed by atoms with Gasteiger partial charge in [0.2, 0.25) is 0 Å². The summed E-state index contributed by atoms with van der Waals surface area (Å²) in [6.07, 6.45) is 1.19. The van der Waals surface area contributed by atoms with Crippen LogP contribution in [0, 0.1) is 10.1 Å². The lowest BCUT2D eigenvalue weighted by molar-refractivity contribution is -0.384. The third kappa shape index (κ3) is 1.11. The molecule has 2 aromatic heterocycles. The van der Waals surface area contributed by atoms with Gasteiger partial charge in [0.1, 0.15) is 16.7 Å². The smallest absolute Gasteiger partial charge is 0.310 e. The molecule has 0 spiro atoms. The van der Waals surface area contributed by atoms with E-state index in [9.17, 15) is 10.1 Å². The third-order valence-corrected chi connectivity index (χ3v) is 2.53. The van der Waals surface area contributed by atoms with Crippen molar-refractivity contribution in [3.8, 4) is 0 Å². The van der Waals surface area contributed by atoms with Crippen LogP contribution in [0.2, 0.25) is 0 Å². The molecule has 0 saturated heterocycles. The van der Waals surface area contributed by atoms with Gasteiger partial charge in [-0.3, -0.25) is 10.1 Å². The lowest BCUT2D eigenvalue weighted by Crippen LogP contribution is -1.96. The van der Waals surface area contributed by atoms with Crippen LogP contribution in [0.4, 0.5) is 11.4 Å². The predicted octanol–water partition coefficient (Wildman–Crippen LogP) is 1.79. The molecule has 0 fully saturated rings. The fraction of sp³-hybridized carbons (Fsp3) is 0. The number of hydrogen-bond donors (Lipinski definition) is 1. The van der Waals surface area contributed by atoms with Crippen LogP contribution in [0.3, 0.4) is 0 Å². The quantitative estimate of drug-likeness (QED) is 0.555. The molecule has 0 aliphatic rings. The van der Waals surface area contributed by atoms with Crippen molar-refractivity contribution >= 4 is 32.9 Å². The van der Waals surface area contributed by atoms with E-state index in [1.165, 1.54) is 17.5 Å². The Morgan fingerprint density at radius 2 is 2.38 bits per heavy atom. The van der Waals surface area contributed by atoms with Gasteiger partial charge in [0.15, 0.2) is 0 Å². The molecule has 0 aliphatic heterocycles. The van der Waals surface area contributed by atoms with Gasteiger partial charge in [-0.05, 0) is 11.4 Å². The van der Waals surface area contributed by atoms with Crippen molar-refractivity contribution in [1.29, 1.82) is 0 Å². The fourth-order valence-corrected chi connectivity index (χ4v) is 1.83. The largest absolute Gasteiger partial charge is 0.393 e. The van der Waals surface area contributed by atoms with Crippen molar-refractivity contribution in [2.75, 3.05) is 5.73 Å². The van der Waals surface area contributed by atoms with E-state index in [4.69, 9.17) is 5.73 Å². The number of anilines is 1. The first-order chi connectivity index (χ1) is 6.20. The van der Waals surface area contributed by atoms with Crippen LogP contribution in [-0.4, -0.2) is 9.91 Å². The van der Waals surface area contributed by atoms with Gasteiger partial charge in [-0.2, -0.15) is 0 Å². The van der Waals surface area contributed by atoms with Crippen molar-refractivity contribution in [2.24, 2.45) is 0 Å². The molecule has 2 heterocycles. The van der Waals surface area contributed by atoms with Gasteiger partial charge in [-0.25, -0.2) is 4.98 Å². The number of nitrogens with two attached hydrogens (primary N) is 1. The summed E-state index contributed by atoms with van der Waals surface area (Å²) in [6, 6.07) is 1.73. The Kier molecular flexibility index (Phi) is 1.63. The molecule has 66 valence electrons. The maximum absolute atomic E-state index is 10.5. The van der Waals surface area contributed by atoms with Gasteiger partial charge in [0.25, 0.3) is 0 Å². The number of thiophene rings is 1. The Morgan fingerprint density at radius 1 is 1.62 bits per heavy atom. The van der Waals surface area contributed by atoms with Gasteiger partial charge >= 0.3 is 5.69 Å². The molecular formula is C7H5N3O2S. The molecule has 2 N–H and O–H groups in total. The standard InChI is InChI=1S/C7H5N3O2S/c8-6-4-1-2-13-7(4)9-3-5(6)10(11)12/h1-3H,(H2,8,9). The van der Waals surface area contributed by atoms with Crippen LogP contribution >= 0.6 is 11.3 Å². The number of rotatable bonds is 1. The zero-order valence-electron chi connectivity index (χ0n) is 6.43. The monoisotopic (exact) mass is 195 g/mol. The van der Waals surface area contributed by atoms with Crippen molar-refractivity contribution in [3.63, 3.8) is 0 Å². The molecular weight excluding hydrogens is 190 g/mol. The van der Waals surface area contributed by atoms with Crippen molar-refractivity contribution in [3.05, 3.63) is 27.8 Å². The van der Waals surface area contributed by atoms with Crippen LogP contribution in [0.1, 0.15) is 0 Å². The summed E-state index contributed by atoms with van der Waals surface area (Å²) in [5.41, 5.74) is 5.65. The van der Waals surface area contributed by atoms with E-state index in [-0.39, 0.29) is 11.4 Å². The highest BCUT2D eigenvalue weighted by atomic mass is 32.1. The minimum atomic E-state index is -0.528. The summed E-state index contributed by atoms with van der Waals surface area (Å²) >= 11 is 1.41. The summed E-state index contributed by atoms with van der Waals surface area (Å²) in [5.74, 6) is 0. The first-order valence-corrected chi connectivity index (χ1v) is 4.34. The van der Waals surface area contributed by atoms with Gasteiger partial charge in [-0.15, -0.1) is 11.3 Å². The first-order valence-electron chi connectivity index (χ1n) is 3.46. The lowest BCUT2D eigenvalue weighted by Gasteiger charge is -1.96. The number of pyridine rings is 1. The Balaban J connectivity index is 2.80. The summed E-state index contributed by atoms with van der Waals surface area (Å²) in [4.78, 5) is 14.6. The summed E-state index contributed by atoms with van der Waals surface area (Å²) in [6.45, 7) is 0. The van der Waals surface area contributed by atoms with E-state index < -0.39 is 4.92 Å². The molecule has 0 radical (unpaired) electrons. The van der Waals surface area contributed by atoms with Crippen LogP contribution < -0.4 is 5.73 Å². The van der Waals surface area contributed by atoms with Gasteiger partial charge < -0.3 is 5.73 Å². The van der Waals surface area contributed by atoms with Gasteiger partial charge in [0, 0.05) is 5.39 Å². The maximum Gasteiger partial charge on any atom is 0.310 e. The molecule has 0 aliphatic carbocycles. The first kappa shape index (κ1) is 7.93. The molecule has 0 atom stereocenters. The van der Waals surface area contributed by atoms with E-state index in [1.54, 1.807) is 11.4 Å². The number of hydrogen-bond acceptors (Lipinski definition) is 5. The van der Waals surface area contributed by atoms with E-state index in [2.05, 4.69) is 4.98 Å². The normalized spacial score (nSPS) is 10.5. The second-order valence-corrected chi connectivity index (χ2v) is 3.35. The van der Waals surface area contributed by atoms with Crippen molar-refractivity contribution < 1.29 is 4.92 Å². The average molecular weight is 195 g/mol. The SMILES string of the molecule is Nc1c([N+](=O)[O-])cnc2sccc12. The van der Waals surface area contributed by atoms with E-state index in [1.807, 2.05) is 0 Å². The third-order valence-electron chi connectivity index (χ3n) is 1.71. The molecule has 5 nitrogen and oxygen atoms in total. The number of nitrogen functional groups attached to an aromatic ring is 1. The van der Waals surface area contributed by atoms with E-state index in [0.29, 0.717) is 5.39 Å². The maximum atomic E-state index is 10.5. The molecule has 0 saturated carbocycles. The van der Waals surface area contributed by atoms with Crippen LogP contribution in [0.25, 0.3) is 10.2 Å². The molecule has 0 unspecified atom stereocenters. The molecule has 0 bridgehead atoms. The van der Waals surface area contributed by atoms with Gasteiger partial charge in [0.05, 0.1) is 4.92 Å². The Hall–Kier alpha value is -1.69. The Morgan fingerprint density at radius 3 is 3.08 bits per heavy atom. The summed E-state index contributed by atoms with van der Waals surface area (Å²) < 4.78 is 0. The average Bonchev–Trinajstić information content (AvgIpc) is 2.52. The van der Waals surface area contributed by atoms with E-state index in [0.717, 1.165) is 4.83 Å². The van der Waals surface area contributed by atoms with Crippen LogP contribution in [0.15, 0.2) is 17.6 Å². The zero-order valence-corrected chi connectivity index (χ0v) is 7.25. The molecule has 6 heteroatoms. The molecule has 0 aromatic carbocycles. The highest BCUT2D eigenvalue weighted by Gasteiger charge is 2.15.